The Hall–Kier alpha value is -1.68. The summed E-state index contributed by atoms with van der Waals surface area (Å²) in [7, 11) is 1.47. The summed E-state index contributed by atoms with van der Waals surface area (Å²) >= 11 is 0. The van der Waals surface area contributed by atoms with Crippen LogP contribution in [-0.2, 0) is 16.1 Å². The van der Waals surface area contributed by atoms with Crippen LogP contribution in [0.2, 0.25) is 0 Å². The summed E-state index contributed by atoms with van der Waals surface area (Å²) in [4.78, 5) is 12.5. The van der Waals surface area contributed by atoms with Crippen molar-refractivity contribution in [3.63, 3.8) is 0 Å². The van der Waals surface area contributed by atoms with Gasteiger partial charge in [0.05, 0.1) is 13.0 Å². The number of rotatable bonds is 9. The maximum atomic E-state index is 13.2. The fourth-order valence-corrected chi connectivity index (χ4v) is 5.28. The molecule has 0 saturated heterocycles. The number of hydrogen-bond donors (Lipinski definition) is 1. The summed E-state index contributed by atoms with van der Waals surface area (Å²) in [5.74, 6) is 0.116. The Morgan fingerprint density at radius 3 is 2.56 bits per heavy atom. The largest absolute Gasteiger partial charge is 0.469 e. The predicted molar refractivity (Wildman–Crippen MR) is 106 cm³/mol. The van der Waals surface area contributed by atoms with E-state index in [0.717, 1.165) is 31.2 Å². The van der Waals surface area contributed by atoms with Gasteiger partial charge in [0.1, 0.15) is 5.82 Å². The molecule has 148 valence electrons. The summed E-state index contributed by atoms with van der Waals surface area (Å²) in [6, 6.07) is 6.55. The molecular formula is C23H32FNO2. The Bertz CT molecular complexity index is 712. The maximum Gasteiger partial charge on any atom is 0.310 e. The third kappa shape index (κ3) is 3.56. The summed E-state index contributed by atoms with van der Waals surface area (Å²) in [5, 5.41) is 3.64. The average Bonchev–Trinajstić information content (AvgIpc) is 2.63. The highest BCUT2D eigenvalue weighted by Gasteiger charge is 2.56. The average molecular weight is 374 g/mol. The number of fused-ring (bicyclic) bond motifs is 1. The summed E-state index contributed by atoms with van der Waals surface area (Å²) in [5.41, 5.74) is 4.21. The van der Waals surface area contributed by atoms with Crippen molar-refractivity contribution in [3.8, 4) is 0 Å². The molecule has 0 aromatic heterocycles. The van der Waals surface area contributed by atoms with Crippen LogP contribution in [0.1, 0.15) is 58.4 Å². The fraction of sp³-hybridized carbons (Fsp3) is 0.609. The zero-order chi connectivity index (χ0) is 19.6. The molecule has 2 aliphatic carbocycles. The molecule has 1 aromatic carbocycles. The van der Waals surface area contributed by atoms with Crippen LogP contribution >= 0.6 is 0 Å². The molecule has 0 amide bonds. The molecular weight excluding hydrogens is 341 g/mol. The van der Waals surface area contributed by atoms with Crippen molar-refractivity contribution in [2.45, 2.75) is 65.5 Å². The molecule has 1 saturated carbocycles. The Balaban J connectivity index is 1.88. The molecule has 3 nitrogen and oxygen atoms in total. The van der Waals surface area contributed by atoms with Gasteiger partial charge in [-0.1, -0.05) is 44.9 Å². The number of carbonyl (C=O) groups is 1. The lowest BCUT2D eigenvalue weighted by Gasteiger charge is -2.60. The molecule has 1 N–H and O–H groups in total. The Labute approximate surface area is 162 Å². The lowest BCUT2D eigenvalue weighted by molar-refractivity contribution is -0.146. The summed E-state index contributed by atoms with van der Waals surface area (Å²) < 4.78 is 18.3. The zero-order valence-electron chi connectivity index (χ0n) is 17.0. The SMILES string of the molecule is CCCC1(C)C(C(NCc2ccc(F)cc2)C(CC)C(=O)OC)=C2CCC21. The minimum atomic E-state index is -0.229. The first-order valence-corrected chi connectivity index (χ1v) is 10.2. The number of carbonyl (C=O) groups excluding carboxylic acids is 1. The number of hydrogen-bond acceptors (Lipinski definition) is 3. The monoisotopic (exact) mass is 373 g/mol. The molecule has 2 aliphatic rings. The van der Waals surface area contributed by atoms with Gasteiger partial charge in [-0.05, 0) is 60.3 Å². The van der Waals surface area contributed by atoms with Gasteiger partial charge in [-0.3, -0.25) is 4.79 Å². The standard InChI is InChI=1S/C23H32FNO2/c1-5-13-23(3)19-12-11-18(19)20(23)21(17(6-2)22(26)27-4)25-14-15-7-9-16(24)10-8-15/h7-10,17,19,21,25H,5-6,11-14H2,1-4H3. The smallest absolute Gasteiger partial charge is 0.310 e. The van der Waals surface area contributed by atoms with Gasteiger partial charge < -0.3 is 10.1 Å². The number of halogens is 1. The number of allylic oxidation sites excluding steroid dienone is 1. The quantitative estimate of drug-likeness (QED) is 0.488. The Morgan fingerprint density at radius 2 is 2.04 bits per heavy atom. The van der Waals surface area contributed by atoms with Crippen LogP contribution in [0, 0.1) is 23.1 Å². The predicted octanol–water partition coefficient (Wildman–Crippen LogP) is 5.01. The summed E-state index contributed by atoms with van der Waals surface area (Å²) in [6.07, 6.45) is 5.46. The number of ether oxygens (including phenoxy) is 1. The van der Waals surface area contributed by atoms with Gasteiger partial charge in [0.25, 0.3) is 0 Å². The van der Waals surface area contributed by atoms with Crippen molar-refractivity contribution in [1.29, 1.82) is 0 Å². The van der Waals surface area contributed by atoms with Crippen LogP contribution in [-0.4, -0.2) is 19.1 Å². The van der Waals surface area contributed by atoms with Crippen molar-refractivity contribution in [2.75, 3.05) is 7.11 Å². The van der Waals surface area contributed by atoms with E-state index >= 15 is 0 Å². The number of esters is 1. The van der Waals surface area contributed by atoms with E-state index in [1.165, 1.54) is 31.2 Å². The molecule has 4 atom stereocenters. The van der Waals surface area contributed by atoms with Crippen LogP contribution in [0.4, 0.5) is 4.39 Å². The van der Waals surface area contributed by atoms with Crippen molar-refractivity contribution >= 4 is 5.97 Å². The van der Waals surface area contributed by atoms with E-state index in [-0.39, 0.29) is 29.2 Å². The van der Waals surface area contributed by atoms with Gasteiger partial charge in [0.2, 0.25) is 0 Å². The fourth-order valence-electron chi connectivity index (χ4n) is 5.28. The van der Waals surface area contributed by atoms with Crippen molar-refractivity contribution < 1.29 is 13.9 Å². The second-order valence-corrected chi connectivity index (χ2v) is 8.22. The first-order chi connectivity index (χ1) is 13.0. The van der Waals surface area contributed by atoms with E-state index in [1.54, 1.807) is 17.7 Å². The summed E-state index contributed by atoms with van der Waals surface area (Å²) in [6.45, 7) is 7.27. The second kappa shape index (κ2) is 8.14. The van der Waals surface area contributed by atoms with E-state index in [4.69, 9.17) is 4.74 Å². The molecule has 0 heterocycles. The number of methoxy groups -OCH3 is 1. The highest BCUT2D eigenvalue weighted by molar-refractivity contribution is 5.74. The third-order valence-corrected chi connectivity index (χ3v) is 6.72. The van der Waals surface area contributed by atoms with Gasteiger partial charge in [-0.15, -0.1) is 0 Å². The second-order valence-electron chi connectivity index (χ2n) is 8.22. The van der Waals surface area contributed by atoms with Crippen molar-refractivity contribution in [1.82, 2.24) is 5.32 Å². The van der Waals surface area contributed by atoms with Crippen molar-refractivity contribution in [2.24, 2.45) is 17.3 Å². The first-order valence-electron chi connectivity index (χ1n) is 10.2. The van der Waals surface area contributed by atoms with Crippen LogP contribution in [0.15, 0.2) is 35.4 Å². The van der Waals surface area contributed by atoms with Gasteiger partial charge in [-0.2, -0.15) is 0 Å². The third-order valence-electron chi connectivity index (χ3n) is 6.72. The zero-order valence-corrected chi connectivity index (χ0v) is 17.0. The highest BCUT2D eigenvalue weighted by atomic mass is 19.1. The normalized spacial score (nSPS) is 25.9. The van der Waals surface area contributed by atoms with E-state index in [1.807, 2.05) is 6.92 Å². The van der Waals surface area contributed by atoms with Crippen LogP contribution in [0.25, 0.3) is 0 Å². The molecule has 27 heavy (non-hydrogen) atoms. The lowest BCUT2D eigenvalue weighted by Crippen LogP contribution is -2.56. The maximum absolute atomic E-state index is 13.2. The first kappa shape index (κ1) is 20.1. The van der Waals surface area contributed by atoms with Crippen LogP contribution in [0.5, 0.6) is 0 Å². The lowest BCUT2D eigenvalue weighted by atomic mass is 9.45. The number of benzene rings is 1. The highest BCUT2D eigenvalue weighted by Crippen LogP contribution is 2.64. The minimum absolute atomic E-state index is 0.0180. The molecule has 1 aromatic rings. The molecule has 0 spiro atoms. The number of nitrogens with one attached hydrogen (secondary N) is 1. The Morgan fingerprint density at radius 1 is 1.33 bits per heavy atom. The van der Waals surface area contributed by atoms with Crippen molar-refractivity contribution in [3.05, 3.63) is 46.8 Å². The van der Waals surface area contributed by atoms with E-state index < -0.39 is 0 Å². The molecule has 0 aliphatic heterocycles. The molecule has 3 rings (SSSR count). The molecule has 4 unspecified atom stereocenters. The van der Waals surface area contributed by atoms with E-state index in [9.17, 15) is 9.18 Å². The topological polar surface area (TPSA) is 38.3 Å². The molecule has 0 bridgehead atoms. The minimum Gasteiger partial charge on any atom is -0.469 e. The van der Waals surface area contributed by atoms with Crippen LogP contribution in [0.3, 0.4) is 0 Å². The molecule has 4 heteroatoms. The van der Waals surface area contributed by atoms with E-state index in [0.29, 0.717) is 12.5 Å². The Kier molecular flexibility index (Phi) is 6.05. The van der Waals surface area contributed by atoms with Gasteiger partial charge in [0.15, 0.2) is 0 Å². The van der Waals surface area contributed by atoms with Gasteiger partial charge in [0, 0.05) is 12.6 Å². The van der Waals surface area contributed by atoms with Gasteiger partial charge in [-0.25, -0.2) is 4.39 Å². The molecule has 0 radical (unpaired) electrons. The van der Waals surface area contributed by atoms with Gasteiger partial charge >= 0.3 is 5.97 Å². The van der Waals surface area contributed by atoms with E-state index in [2.05, 4.69) is 19.2 Å². The van der Waals surface area contributed by atoms with Crippen LogP contribution < -0.4 is 5.32 Å². The molecule has 1 fully saturated rings.